The van der Waals surface area contributed by atoms with Crippen LogP contribution >= 0.6 is 0 Å². The number of benzene rings is 9. The van der Waals surface area contributed by atoms with Crippen molar-refractivity contribution in [2.24, 2.45) is 0 Å². The summed E-state index contributed by atoms with van der Waals surface area (Å²) >= 11 is 0. The van der Waals surface area contributed by atoms with Crippen LogP contribution < -0.4 is 4.90 Å². The monoisotopic (exact) mass is 662 g/mol. The normalized spacial score (nSPS) is 11.5. The minimum absolute atomic E-state index is 1.10. The van der Waals surface area contributed by atoms with Crippen LogP contribution in [0.25, 0.3) is 71.3 Å². The van der Waals surface area contributed by atoms with Crippen LogP contribution in [0.2, 0.25) is 0 Å². The van der Waals surface area contributed by atoms with Gasteiger partial charge in [0.05, 0.1) is 16.7 Å². The molecule has 52 heavy (non-hydrogen) atoms. The first kappa shape index (κ1) is 30.0. The molecule has 0 bridgehead atoms. The van der Waals surface area contributed by atoms with E-state index in [-0.39, 0.29) is 0 Å². The Morgan fingerprint density at radius 2 is 0.962 bits per heavy atom. The molecule has 0 unspecified atom stereocenters. The maximum atomic E-state index is 2.43. The van der Waals surface area contributed by atoms with Gasteiger partial charge in [0.25, 0.3) is 0 Å². The molecular weight excluding hydrogens is 629 g/mol. The number of hydrogen-bond donors (Lipinski definition) is 0. The number of aromatic nitrogens is 1. The van der Waals surface area contributed by atoms with Gasteiger partial charge < -0.3 is 9.47 Å². The van der Waals surface area contributed by atoms with Crippen LogP contribution in [0.4, 0.5) is 17.1 Å². The van der Waals surface area contributed by atoms with Gasteiger partial charge in [-0.2, -0.15) is 0 Å². The van der Waals surface area contributed by atoms with Gasteiger partial charge in [-0.3, -0.25) is 0 Å². The first-order chi connectivity index (χ1) is 25.8. The molecule has 0 radical (unpaired) electrons. The first-order valence-electron chi connectivity index (χ1n) is 17.9. The summed E-state index contributed by atoms with van der Waals surface area (Å²) in [6, 6.07) is 74.8. The minimum Gasteiger partial charge on any atom is -0.310 e. The van der Waals surface area contributed by atoms with Gasteiger partial charge in [0.15, 0.2) is 0 Å². The molecule has 0 aliphatic heterocycles. The van der Waals surface area contributed by atoms with Crippen LogP contribution in [-0.2, 0) is 0 Å². The molecule has 9 aromatic carbocycles. The molecule has 0 aliphatic rings. The average molecular weight is 663 g/mol. The fraction of sp³-hybridized carbons (Fsp3) is 0. The summed E-state index contributed by atoms with van der Waals surface area (Å²) < 4.78 is 2.42. The Kier molecular flexibility index (Phi) is 7.18. The lowest BCUT2D eigenvalue weighted by atomic mass is 9.94. The second-order valence-electron chi connectivity index (χ2n) is 13.3. The second kappa shape index (κ2) is 12.5. The van der Waals surface area contributed by atoms with E-state index in [0.717, 1.165) is 22.7 Å². The van der Waals surface area contributed by atoms with Gasteiger partial charge in [-0.05, 0) is 92.8 Å². The zero-order valence-corrected chi connectivity index (χ0v) is 28.5. The number of anilines is 3. The molecule has 2 nitrogen and oxygen atoms in total. The molecule has 0 N–H and O–H groups in total. The highest BCUT2D eigenvalue weighted by Gasteiger charge is 2.22. The van der Waals surface area contributed by atoms with Gasteiger partial charge in [-0.15, -0.1) is 0 Å². The van der Waals surface area contributed by atoms with E-state index < -0.39 is 0 Å². The van der Waals surface area contributed by atoms with E-state index in [4.69, 9.17) is 0 Å². The molecule has 10 rings (SSSR count). The molecule has 1 aromatic heterocycles. The highest BCUT2D eigenvalue weighted by Crippen LogP contribution is 2.46. The molecule has 0 saturated heterocycles. The Morgan fingerprint density at radius 3 is 1.83 bits per heavy atom. The van der Waals surface area contributed by atoms with Gasteiger partial charge in [0, 0.05) is 33.4 Å². The van der Waals surface area contributed by atoms with Crippen LogP contribution in [0.1, 0.15) is 0 Å². The van der Waals surface area contributed by atoms with Crippen molar-refractivity contribution in [3.63, 3.8) is 0 Å². The number of hydrogen-bond acceptors (Lipinski definition) is 1. The van der Waals surface area contributed by atoms with E-state index in [1.54, 1.807) is 0 Å². The molecule has 2 heteroatoms. The van der Waals surface area contributed by atoms with Crippen molar-refractivity contribution in [2.45, 2.75) is 0 Å². The molecule has 0 fully saturated rings. The Morgan fingerprint density at radius 1 is 0.346 bits per heavy atom. The van der Waals surface area contributed by atoms with E-state index >= 15 is 0 Å². The number of para-hydroxylation sites is 2. The third-order valence-corrected chi connectivity index (χ3v) is 10.3. The number of nitrogens with zero attached hydrogens (tertiary/aromatic N) is 2. The van der Waals surface area contributed by atoms with Crippen molar-refractivity contribution < 1.29 is 0 Å². The summed E-state index contributed by atoms with van der Waals surface area (Å²) in [4.78, 5) is 2.43. The quantitative estimate of drug-likeness (QED) is 0.172. The molecule has 244 valence electrons. The predicted octanol–water partition coefficient (Wildman–Crippen LogP) is 13.9. The smallest absolute Gasteiger partial charge is 0.0547 e. The topological polar surface area (TPSA) is 8.17 Å². The largest absolute Gasteiger partial charge is 0.310 e. The van der Waals surface area contributed by atoms with E-state index in [1.807, 2.05) is 0 Å². The van der Waals surface area contributed by atoms with Crippen LogP contribution in [0.15, 0.2) is 206 Å². The molecule has 0 saturated carbocycles. The van der Waals surface area contributed by atoms with Gasteiger partial charge in [-0.25, -0.2) is 0 Å². The Bertz CT molecular complexity index is 2900. The Hall–Kier alpha value is -6.90. The molecule has 10 aromatic rings. The zero-order chi connectivity index (χ0) is 34.4. The lowest BCUT2D eigenvalue weighted by Crippen LogP contribution is -2.11. The van der Waals surface area contributed by atoms with Crippen molar-refractivity contribution >= 4 is 60.4 Å². The minimum atomic E-state index is 1.10. The standard InChI is InChI=1S/C50H34N2/c1-3-16-37(17-4-1)43-24-11-12-27-47(43)51(40-30-29-35-15-7-8-19-38(35)33-40)41-31-32-48-46(34-41)50-45(44-25-13-20-36-18-9-10-23-42(36)44)26-14-28-49(50)52(48)39-21-5-2-6-22-39/h1-34H. The fourth-order valence-electron chi connectivity index (χ4n) is 8.01. The van der Waals surface area contributed by atoms with Gasteiger partial charge in [0.1, 0.15) is 0 Å². The summed E-state index contributed by atoms with van der Waals surface area (Å²) in [7, 11) is 0. The number of fused-ring (bicyclic) bond motifs is 5. The molecule has 0 aliphatic carbocycles. The summed E-state index contributed by atoms with van der Waals surface area (Å²) in [5, 5.41) is 7.39. The maximum Gasteiger partial charge on any atom is 0.0547 e. The maximum absolute atomic E-state index is 2.43. The third kappa shape index (κ3) is 4.96. The first-order valence-corrected chi connectivity index (χ1v) is 17.9. The summed E-state index contributed by atoms with van der Waals surface area (Å²) in [5.41, 5.74) is 11.7. The lowest BCUT2D eigenvalue weighted by Gasteiger charge is -2.28. The van der Waals surface area contributed by atoms with Crippen molar-refractivity contribution in [2.75, 3.05) is 4.90 Å². The highest BCUT2D eigenvalue weighted by atomic mass is 15.1. The van der Waals surface area contributed by atoms with Crippen molar-refractivity contribution in [3.05, 3.63) is 206 Å². The van der Waals surface area contributed by atoms with E-state index in [0.29, 0.717) is 0 Å². The highest BCUT2D eigenvalue weighted by molar-refractivity contribution is 6.19. The van der Waals surface area contributed by atoms with Crippen molar-refractivity contribution in [1.29, 1.82) is 0 Å². The van der Waals surface area contributed by atoms with E-state index in [9.17, 15) is 0 Å². The van der Waals surface area contributed by atoms with E-state index in [2.05, 4.69) is 216 Å². The molecular formula is C50H34N2. The molecule has 1 heterocycles. The Balaban J connectivity index is 1.29. The lowest BCUT2D eigenvalue weighted by molar-refractivity contribution is 1.18. The molecule has 0 atom stereocenters. The van der Waals surface area contributed by atoms with Crippen molar-refractivity contribution in [3.8, 4) is 27.9 Å². The van der Waals surface area contributed by atoms with Crippen LogP contribution in [-0.4, -0.2) is 4.57 Å². The molecule has 0 amide bonds. The fourth-order valence-corrected chi connectivity index (χ4v) is 8.01. The summed E-state index contributed by atoms with van der Waals surface area (Å²) in [6.07, 6.45) is 0. The van der Waals surface area contributed by atoms with Gasteiger partial charge >= 0.3 is 0 Å². The summed E-state index contributed by atoms with van der Waals surface area (Å²) in [6.45, 7) is 0. The average Bonchev–Trinajstić information content (AvgIpc) is 3.55. The van der Waals surface area contributed by atoms with Crippen molar-refractivity contribution in [1.82, 2.24) is 4.57 Å². The Labute approximate surface area is 303 Å². The van der Waals surface area contributed by atoms with E-state index in [1.165, 1.54) is 65.6 Å². The van der Waals surface area contributed by atoms with Crippen LogP contribution in [0, 0.1) is 0 Å². The van der Waals surface area contributed by atoms with Crippen LogP contribution in [0.3, 0.4) is 0 Å². The summed E-state index contributed by atoms with van der Waals surface area (Å²) in [5.74, 6) is 0. The SMILES string of the molecule is c1ccc(-c2ccccc2N(c2ccc3ccccc3c2)c2ccc3c(c2)c2c(-c4cccc5ccccc45)cccc2n3-c2ccccc2)cc1. The number of rotatable bonds is 6. The second-order valence-corrected chi connectivity index (χ2v) is 13.3. The van der Waals surface area contributed by atoms with Gasteiger partial charge in [0.2, 0.25) is 0 Å². The third-order valence-electron chi connectivity index (χ3n) is 10.3. The molecule has 0 spiro atoms. The van der Waals surface area contributed by atoms with Crippen LogP contribution in [0.5, 0.6) is 0 Å². The van der Waals surface area contributed by atoms with Gasteiger partial charge in [-0.1, -0.05) is 152 Å². The predicted molar refractivity (Wildman–Crippen MR) is 221 cm³/mol. The zero-order valence-electron chi connectivity index (χ0n) is 28.5.